The summed E-state index contributed by atoms with van der Waals surface area (Å²) in [5, 5.41) is 0. The topological polar surface area (TPSA) is 95.1 Å². The van der Waals surface area contributed by atoms with Gasteiger partial charge in [0.1, 0.15) is 11.5 Å². The van der Waals surface area contributed by atoms with Gasteiger partial charge in [0.05, 0.1) is 33.0 Å². The Balaban J connectivity index is 2.10. The Morgan fingerprint density at radius 1 is 0.786 bits per heavy atom. The normalized spacial score (nSPS) is 10.2. The summed E-state index contributed by atoms with van der Waals surface area (Å²) in [6.07, 6.45) is -0.0364. The lowest BCUT2D eigenvalue weighted by Gasteiger charge is -2.15. The molecule has 8 nitrogen and oxygen atoms in total. The van der Waals surface area contributed by atoms with Gasteiger partial charge in [-0.25, -0.2) is 0 Å². The van der Waals surface area contributed by atoms with E-state index in [1.165, 1.54) is 33.5 Å². The zero-order valence-corrected chi connectivity index (χ0v) is 16.5. The van der Waals surface area contributed by atoms with Crippen LogP contribution in [-0.2, 0) is 0 Å². The third-order valence-electron chi connectivity index (χ3n) is 3.73. The summed E-state index contributed by atoms with van der Waals surface area (Å²) in [6, 6.07) is 9.54. The molecule has 0 saturated carbocycles. The van der Waals surface area contributed by atoms with Crippen LogP contribution >= 0.6 is 0 Å². The third-order valence-corrected chi connectivity index (χ3v) is 3.73. The number of rotatable bonds is 7. The average Bonchev–Trinajstić information content (AvgIpc) is 2.70. The molecule has 0 heterocycles. The summed E-state index contributed by atoms with van der Waals surface area (Å²) in [4.78, 5) is 24.8. The Bertz CT molecular complexity index is 851. The molecular formula is C20H24N2O6. The standard InChI is InChI=1S/C20H24N2O6/c1-12(2)28-17-8-6-13(10-18(17)27-5)19(23)21-22-20(24)15-11-14(25-3)7-9-16(15)26-4/h6-12H,1-5H3,(H,21,23)(H,22,24). The van der Waals surface area contributed by atoms with E-state index in [1.807, 2.05) is 13.8 Å². The van der Waals surface area contributed by atoms with Gasteiger partial charge in [-0.05, 0) is 50.2 Å². The number of amides is 2. The Morgan fingerprint density at radius 3 is 2.04 bits per heavy atom. The fourth-order valence-electron chi connectivity index (χ4n) is 2.40. The second kappa shape index (κ2) is 9.50. The maximum absolute atomic E-state index is 12.4. The summed E-state index contributed by atoms with van der Waals surface area (Å²) in [7, 11) is 4.43. The van der Waals surface area contributed by atoms with Gasteiger partial charge < -0.3 is 18.9 Å². The van der Waals surface area contributed by atoms with E-state index in [-0.39, 0.29) is 11.7 Å². The van der Waals surface area contributed by atoms with Crippen molar-refractivity contribution in [3.63, 3.8) is 0 Å². The highest BCUT2D eigenvalue weighted by atomic mass is 16.5. The molecule has 150 valence electrons. The zero-order chi connectivity index (χ0) is 20.7. The predicted molar refractivity (Wildman–Crippen MR) is 103 cm³/mol. The number of carbonyl (C=O) groups excluding carboxylic acids is 2. The lowest BCUT2D eigenvalue weighted by atomic mass is 10.1. The molecular weight excluding hydrogens is 364 g/mol. The molecule has 0 aliphatic heterocycles. The van der Waals surface area contributed by atoms with Gasteiger partial charge >= 0.3 is 0 Å². The number of methoxy groups -OCH3 is 3. The third kappa shape index (κ3) is 5.06. The lowest BCUT2D eigenvalue weighted by molar-refractivity contribution is 0.0844. The number of benzene rings is 2. The van der Waals surface area contributed by atoms with Crippen LogP contribution in [0.25, 0.3) is 0 Å². The molecule has 0 atom stereocenters. The second-order valence-electron chi connectivity index (χ2n) is 6.01. The van der Waals surface area contributed by atoms with E-state index in [2.05, 4.69) is 10.9 Å². The SMILES string of the molecule is COc1ccc(OC)c(C(=O)NNC(=O)c2ccc(OC(C)C)c(OC)c2)c1. The van der Waals surface area contributed by atoms with Gasteiger partial charge in [-0.15, -0.1) is 0 Å². The highest BCUT2D eigenvalue weighted by Crippen LogP contribution is 2.29. The largest absolute Gasteiger partial charge is 0.497 e. The molecule has 0 aliphatic carbocycles. The van der Waals surface area contributed by atoms with Gasteiger partial charge in [0.15, 0.2) is 11.5 Å². The van der Waals surface area contributed by atoms with Crippen molar-refractivity contribution in [1.82, 2.24) is 10.9 Å². The van der Waals surface area contributed by atoms with E-state index in [0.29, 0.717) is 28.6 Å². The minimum atomic E-state index is -0.546. The zero-order valence-electron chi connectivity index (χ0n) is 16.5. The van der Waals surface area contributed by atoms with Gasteiger partial charge in [-0.2, -0.15) is 0 Å². The molecule has 0 fully saturated rings. The van der Waals surface area contributed by atoms with Gasteiger partial charge in [0.25, 0.3) is 11.8 Å². The lowest BCUT2D eigenvalue weighted by Crippen LogP contribution is -2.41. The summed E-state index contributed by atoms with van der Waals surface area (Å²) >= 11 is 0. The van der Waals surface area contributed by atoms with Gasteiger partial charge in [0.2, 0.25) is 0 Å². The molecule has 28 heavy (non-hydrogen) atoms. The minimum absolute atomic E-state index is 0.0364. The first-order valence-electron chi connectivity index (χ1n) is 8.57. The monoisotopic (exact) mass is 388 g/mol. The molecule has 2 N–H and O–H groups in total. The molecule has 0 bridgehead atoms. The smallest absolute Gasteiger partial charge is 0.273 e. The first kappa shape index (κ1) is 20.9. The number of nitrogens with one attached hydrogen (secondary N) is 2. The van der Waals surface area contributed by atoms with Crippen molar-refractivity contribution in [2.75, 3.05) is 21.3 Å². The summed E-state index contributed by atoms with van der Waals surface area (Å²) in [5.41, 5.74) is 5.25. The molecule has 0 aromatic heterocycles. The molecule has 8 heteroatoms. The number of hydrazine groups is 1. The van der Waals surface area contributed by atoms with Crippen LogP contribution in [0.1, 0.15) is 34.6 Å². The van der Waals surface area contributed by atoms with Crippen LogP contribution in [0.2, 0.25) is 0 Å². The van der Waals surface area contributed by atoms with Crippen molar-refractivity contribution in [1.29, 1.82) is 0 Å². The Kier molecular flexibility index (Phi) is 7.08. The number of ether oxygens (including phenoxy) is 4. The van der Waals surface area contributed by atoms with E-state index in [0.717, 1.165) is 0 Å². The van der Waals surface area contributed by atoms with Crippen LogP contribution in [0, 0.1) is 0 Å². The molecule has 0 aliphatic rings. The van der Waals surface area contributed by atoms with Gasteiger partial charge in [0, 0.05) is 5.56 Å². The maximum atomic E-state index is 12.4. The first-order chi connectivity index (χ1) is 13.4. The predicted octanol–water partition coefficient (Wildman–Crippen LogP) is 2.57. The summed E-state index contributed by atoms with van der Waals surface area (Å²) < 4.78 is 21.2. The second-order valence-corrected chi connectivity index (χ2v) is 6.01. The quantitative estimate of drug-likeness (QED) is 0.708. The maximum Gasteiger partial charge on any atom is 0.273 e. The van der Waals surface area contributed by atoms with Crippen LogP contribution in [0.4, 0.5) is 0 Å². The van der Waals surface area contributed by atoms with E-state index in [9.17, 15) is 9.59 Å². The molecule has 0 unspecified atom stereocenters. The van der Waals surface area contributed by atoms with Crippen molar-refractivity contribution in [3.05, 3.63) is 47.5 Å². The molecule has 2 amide bonds. The van der Waals surface area contributed by atoms with Crippen LogP contribution in [-0.4, -0.2) is 39.2 Å². The molecule has 2 rings (SSSR count). The fourth-order valence-corrected chi connectivity index (χ4v) is 2.40. The molecule has 2 aromatic carbocycles. The molecule has 0 saturated heterocycles. The Hall–Kier alpha value is -3.42. The van der Waals surface area contributed by atoms with Crippen molar-refractivity contribution in [2.24, 2.45) is 0 Å². The van der Waals surface area contributed by atoms with E-state index in [1.54, 1.807) is 24.3 Å². The van der Waals surface area contributed by atoms with Crippen LogP contribution < -0.4 is 29.8 Å². The van der Waals surface area contributed by atoms with E-state index >= 15 is 0 Å². The van der Waals surface area contributed by atoms with Gasteiger partial charge in [-0.3, -0.25) is 20.4 Å². The Morgan fingerprint density at radius 2 is 1.43 bits per heavy atom. The molecule has 2 aromatic rings. The summed E-state index contributed by atoms with van der Waals surface area (Å²) in [6.45, 7) is 3.78. The number of hydrogen-bond acceptors (Lipinski definition) is 6. The Labute approximate surface area is 163 Å². The van der Waals surface area contributed by atoms with E-state index in [4.69, 9.17) is 18.9 Å². The van der Waals surface area contributed by atoms with Crippen LogP contribution in [0.15, 0.2) is 36.4 Å². The van der Waals surface area contributed by atoms with Crippen molar-refractivity contribution in [2.45, 2.75) is 20.0 Å². The summed E-state index contributed by atoms with van der Waals surface area (Å²) in [5.74, 6) is 0.730. The average molecular weight is 388 g/mol. The van der Waals surface area contributed by atoms with Crippen LogP contribution in [0.3, 0.4) is 0 Å². The van der Waals surface area contributed by atoms with Crippen molar-refractivity contribution < 1.29 is 28.5 Å². The van der Waals surface area contributed by atoms with Crippen molar-refractivity contribution in [3.8, 4) is 23.0 Å². The van der Waals surface area contributed by atoms with Gasteiger partial charge in [-0.1, -0.05) is 0 Å². The van der Waals surface area contributed by atoms with Crippen LogP contribution in [0.5, 0.6) is 23.0 Å². The van der Waals surface area contributed by atoms with Crippen molar-refractivity contribution >= 4 is 11.8 Å². The number of hydrogen-bond donors (Lipinski definition) is 2. The first-order valence-corrected chi connectivity index (χ1v) is 8.57. The molecule has 0 radical (unpaired) electrons. The highest BCUT2D eigenvalue weighted by Gasteiger charge is 2.16. The van der Waals surface area contributed by atoms with E-state index < -0.39 is 11.8 Å². The minimum Gasteiger partial charge on any atom is -0.497 e. The number of carbonyl (C=O) groups is 2. The fraction of sp³-hybridized carbons (Fsp3) is 0.300. The molecule has 0 spiro atoms. The highest BCUT2D eigenvalue weighted by molar-refractivity contribution is 6.01.